The summed E-state index contributed by atoms with van der Waals surface area (Å²) in [7, 11) is 4.60. The number of hydrogen-bond donors (Lipinski definition) is 2. The van der Waals surface area contributed by atoms with Crippen LogP contribution in [0.3, 0.4) is 0 Å². The minimum atomic E-state index is -0.404. The van der Waals surface area contributed by atoms with Crippen LogP contribution in [0.15, 0.2) is 0 Å². The van der Waals surface area contributed by atoms with Gasteiger partial charge in [-0.25, -0.2) is 0 Å². The van der Waals surface area contributed by atoms with Crippen molar-refractivity contribution < 1.29 is 19.3 Å². The summed E-state index contributed by atoms with van der Waals surface area (Å²) in [5.41, 5.74) is 5.46. The third-order valence-electron chi connectivity index (χ3n) is 2.02. The van der Waals surface area contributed by atoms with E-state index in [2.05, 4.69) is 0 Å². The van der Waals surface area contributed by atoms with Crippen LogP contribution in [-0.2, 0) is 14.2 Å². The van der Waals surface area contributed by atoms with Gasteiger partial charge in [-0.2, -0.15) is 0 Å². The molecule has 13 heavy (non-hydrogen) atoms. The van der Waals surface area contributed by atoms with Crippen LogP contribution >= 0.6 is 0 Å². The Morgan fingerprint density at radius 1 is 1.08 bits per heavy atom. The van der Waals surface area contributed by atoms with Crippen molar-refractivity contribution in [1.82, 2.24) is 0 Å². The first-order valence-corrected chi connectivity index (χ1v) is 4.14. The highest BCUT2D eigenvalue weighted by atomic mass is 16.6. The second-order valence-electron chi connectivity index (χ2n) is 2.67. The van der Waals surface area contributed by atoms with Crippen LogP contribution in [0.1, 0.15) is 0 Å². The van der Waals surface area contributed by atoms with Crippen molar-refractivity contribution in [3.63, 3.8) is 0 Å². The second kappa shape index (κ2) is 7.23. The van der Waals surface area contributed by atoms with E-state index in [1.807, 2.05) is 0 Å². The number of nitrogens with two attached hydrogens (primary N) is 1. The summed E-state index contributed by atoms with van der Waals surface area (Å²) in [6.07, 6.45) is -1.01. The fraction of sp³-hybridized carbons (Fsp3) is 1.00. The zero-order chi connectivity index (χ0) is 10.3. The molecule has 3 N–H and O–H groups in total. The number of aliphatic hydroxyl groups is 1. The highest BCUT2D eigenvalue weighted by molar-refractivity contribution is 4.79. The third-order valence-corrected chi connectivity index (χ3v) is 2.02. The number of methoxy groups -OCH3 is 3. The Labute approximate surface area is 78.8 Å². The maximum absolute atomic E-state index is 8.97. The van der Waals surface area contributed by atoms with Crippen molar-refractivity contribution in [3.05, 3.63) is 0 Å². The summed E-state index contributed by atoms with van der Waals surface area (Å²) in [4.78, 5) is 0. The maximum Gasteiger partial charge on any atom is 0.113 e. The van der Waals surface area contributed by atoms with Crippen LogP contribution in [0.25, 0.3) is 0 Å². The Balaban J connectivity index is 4.26. The monoisotopic (exact) mass is 193 g/mol. The minimum absolute atomic E-state index is 0.116. The zero-order valence-electron chi connectivity index (χ0n) is 8.40. The molecule has 0 bridgehead atoms. The van der Waals surface area contributed by atoms with Crippen LogP contribution in [-0.4, -0.2) is 57.9 Å². The predicted molar refractivity (Wildman–Crippen MR) is 48.5 cm³/mol. The Morgan fingerprint density at radius 2 is 1.62 bits per heavy atom. The van der Waals surface area contributed by atoms with E-state index in [1.165, 1.54) is 14.2 Å². The van der Waals surface area contributed by atoms with Crippen molar-refractivity contribution in [1.29, 1.82) is 0 Å². The predicted octanol–water partition coefficient (Wildman–Crippen LogP) is -1.02. The molecule has 0 unspecified atom stereocenters. The first-order valence-electron chi connectivity index (χ1n) is 4.14. The summed E-state index contributed by atoms with van der Waals surface area (Å²) < 4.78 is 15.3. The van der Waals surface area contributed by atoms with Gasteiger partial charge in [-0.15, -0.1) is 0 Å². The van der Waals surface area contributed by atoms with Gasteiger partial charge in [0.05, 0.1) is 12.7 Å². The number of aliphatic hydroxyl groups excluding tert-OH is 1. The molecule has 0 aromatic rings. The highest BCUT2D eigenvalue weighted by Gasteiger charge is 2.28. The van der Waals surface area contributed by atoms with Crippen molar-refractivity contribution in [2.75, 3.05) is 34.5 Å². The fourth-order valence-electron chi connectivity index (χ4n) is 1.22. The molecule has 0 aliphatic rings. The van der Waals surface area contributed by atoms with Crippen LogP contribution in [0.4, 0.5) is 0 Å². The standard InChI is InChI=1S/C8H19NO4/c1-11-6(4-9)8(13-3)7(5-10)12-2/h6-8,10H,4-5,9H2,1-3H3/t6-,7-,8+/m0/s1. The molecule has 80 valence electrons. The molecule has 0 aromatic carbocycles. The molecular weight excluding hydrogens is 174 g/mol. The van der Waals surface area contributed by atoms with Gasteiger partial charge in [0, 0.05) is 27.9 Å². The van der Waals surface area contributed by atoms with E-state index in [1.54, 1.807) is 7.11 Å². The molecule has 0 fully saturated rings. The lowest BCUT2D eigenvalue weighted by Gasteiger charge is -2.28. The van der Waals surface area contributed by atoms with E-state index in [0.717, 1.165) is 0 Å². The number of hydrogen-bond acceptors (Lipinski definition) is 5. The summed E-state index contributed by atoms with van der Waals surface area (Å²) in [5, 5.41) is 8.97. The average molecular weight is 193 g/mol. The topological polar surface area (TPSA) is 73.9 Å². The quantitative estimate of drug-likeness (QED) is 0.541. The van der Waals surface area contributed by atoms with Gasteiger partial charge in [-0.05, 0) is 0 Å². The third kappa shape index (κ3) is 3.58. The van der Waals surface area contributed by atoms with E-state index < -0.39 is 6.10 Å². The van der Waals surface area contributed by atoms with Gasteiger partial charge < -0.3 is 25.1 Å². The number of rotatable bonds is 7. The molecule has 0 amide bonds. The largest absolute Gasteiger partial charge is 0.394 e. The fourth-order valence-corrected chi connectivity index (χ4v) is 1.22. The van der Waals surface area contributed by atoms with Crippen molar-refractivity contribution in [2.24, 2.45) is 5.73 Å². The van der Waals surface area contributed by atoms with Gasteiger partial charge in [0.1, 0.15) is 12.2 Å². The van der Waals surface area contributed by atoms with Gasteiger partial charge in [-0.1, -0.05) is 0 Å². The van der Waals surface area contributed by atoms with Gasteiger partial charge in [0.15, 0.2) is 0 Å². The van der Waals surface area contributed by atoms with Gasteiger partial charge in [0.25, 0.3) is 0 Å². The molecule has 0 saturated heterocycles. The lowest BCUT2D eigenvalue weighted by Crippen LogP contribution is -2.46. The van der Waals surface area contributed by atoms with Crippen LogP contribution in [0, 0.1) is 0 Å². The van der Waals surface area contributed by atoms with E-state index >= 15 is 0 Å². The maximum atomic E-state index is 8.97. The molecular formula is C8H19NO4. The molecule has 3 atom stereocenters. The normalized spacial score (nSPS) is 18.2. The molecule has 5 heteroatoms. The van der Waals surface area contributed by atoms with Crippen LogP contribution in [0.2, 0.25) is 0 Å². The van der Waals surface area contributed by atoms with E-state index in [-0.39, 0.29) is 18.8 Å². The van der Waals surface area contributed by atoms with Crippen LogP contribution < -0.4 is 5.73 Å². The lowest BCUT2D eigenvalue weighted by molar-refractivity contribution is -0.116. The first-order chi connectivity index (χ1) is 6.24. The van der Waals surface area contributed by atoms with Crippen LogP contribution in [0.5, 0.6) is 0 Å². The van der Waals surface area contributed by atoms with Crippen molar-refractivity contribution in [3.8, 4) is 0 Å². The SMILES string of the molecule is CO[C@H]([C@H](CN)OC)[C@H](CO)OC. The molecule has 0 rings (SSSR count). The molecule has 0 spiro atoms. The summed E-state index contributed by atoms with van der Waals surface area (Å²) >= 11 is 0. The van der Waals surface area contributed by atoms with Gasteiger partial charge >= 0.3 is 0 Å². The summed E-state index contributed by atoms with van der Waals surface area (Å²) in [5.74, 6) is 0. The first kappa shape index (κ1) is 12.8. The molecule has 0 heterocycles. The van der Waals surface area contributed by atoms with Crippen molar-refractivity contribution in [2.45, 2.75) is 18.3 Å². The smallest absolute Gasteiger partial charge is 0.113 e. The molecule has 0 radical (unpaired) electrons. The molecule has 0 aliphatic heterocycles. The Bertz CT molecular complexity index is 103. The highest BCUT2D eigenvalue weighted by Crippen LogP contribution is 2.09. The summed E-state index contributed by atoms with van der Waals surface area (Å²) in [6.45, 7) is 0.212. The van der Waals surface area contributed by atoms with Gasteiger partial charge in [0.2, 0.25) is 0 Å². The Hall–Kier alpha value is -0.200. The number of ether oxygens (including phenoxy) is 3. The minimum Gasteiger partial charge on any atom is -0.394 e. The Kier molecular flexibility index (Phi) is 7.12. The van der Waals surface area contributed by atoms with E-state index in [0.29, 0.717) is 6.54 Å². The van der Waals surface area contributed by atoms with Gasteiger partial charge in [-0.3, -0.25) is 0 Å². The Morgan fingerprint density at radius 3 is 1.85 bits per heavy atom. The lowest BCUT2D eigenvalue weighted by atomic mass is 10.1. The molecule has 0 aromatic heterocycles. The van der Waals surface area contributed by atoms with E-state index in [4.69, 9.17) is 25.1 Å². The molecule has 0 saturated carbocycles. The van der Waals surface area contributed by atoms with E-state index in [9.17, 15) is 0 Å². The molecule has 0 aliphatic carbocycles. The van der Waals surface area contributed by atoms with Crippen molar-refractivity contribution >= 4 is 0 Å². The average Bonchev–Trinajstić information content (AvgIpc) is 2.18. The molecule has 5 nitrogen and oxygen atoms in total. The summed E-state index contributed by atoms with van der Waals surface area (Å²) in [6, 6.07) is 0. The zero-order valence-corrected chi connectivity index (χ0v) is 8.40. The second-order valence-corrected chi connectivity index (χ2v) is 2.67.